The van der Waals surface area contributed by atoms with Gasteiger partial charge in [-0.25, -0.2) is 5.48 Å². The van der Waals surface area contributed by atoms with Crippen LogP contribution in [-0.2, 0) is 19.7 Å². The molecule has 2 aromatic heterocycles. The number of benzene rings is 3. The molecule has 42 heavy (non-hydrogen) atoms. The SMILES string of the molecule is CCN(CC)Cc1ccc(Cn2c(=O)c(OCc3ccc(C(=O)NO)cc3)c(-c3cccnc3)c3ccccc32)cc1. The first-order chi connectivity index (χ1) is 20.5. The Morgan fingerprint density at radius 2 is 1.60 bits per heavy atom. The van der Waals surface area contributed by atoms with E-state index >= 15 is 0 Å². The molecule has 8 nitrogen and oxygen atoms in total. The first-order valence-electron chi connectivity index (χ1n) is 14.0. The third-order valence-electron chi connectivity index (χ3n) is 7.45. The van der Waals surface area contributed by atoms with Crippen molar-refractivity contribution >= 4 is 16.8 Å². The second kappa shape index (κ2) is 13.2. The lowest BCUT2D eigenvalue weighted by atomic mass is 10.0. The van der Waals surface area contributed by atoms with Crippen LogP contribution < -0.4 is 15.8 Å². The molecule has 0 fully saturated rings. The zero-order valence-corrected chi connectivity index (χ0v) is 23.8. The standard InChI is InChI=1S/C34H34N4O4/c1-3-37(4-2)21-24-11-13-25(14-12-24)22-38-30-10-6-5-9-29(30)31(28-8-7-19-35-20-28)32(34(38)40)42-23-26-15-17-27(18-16-26)33(39)36-41/h5-20,41H,3-4,21-23H2,1-2H3,(H,36,39). The van der Waals surface area contributed by atoms with E-state index in [0.717, 1.165) is 47.2 Å². The predicted octanol–water partition coefficient (Wildman–Crippen LogP) is 5.65. The first kappa shape index (κ1) is 28.7. The van der Waals surface area contributed by atoms with Crippen molar-refractivity contribution in [3.63, 3.8) is 0 Å². The molecule has 5 aromatic rings. The van der Waals surface area contributed by atoms with Crippen LogP contribution in [-0.4, -0.2) is 38.7 Å². The molecule has 2 N–H and O–H groups in total. The van der Waals surface area contributed by atoms with Gasteiger partial charge < -0.3 is 9.30 Å². The molecule has 5 rings (SSSR count). The molecule has 0 spiro atoms. The van der Waals surface area contributed by atoms with Gasteiger partial charge in [-0.15, -0.1) is 0 Å². The summed E-state index contributed by atoms with van der Waals surface area (Å²) in [5.41, 5.74) is 6.99. The van der Waals surface area contributed by atoms with Gasteiger partial charge in [0.25, 0.3) is 11.5 Å². The van der Waals surface area contributed by atoms with Crippen LogP contribution in [0.25, 0.3) is 22.0 Å². The average Bonchev–Trinajstić information content (AvgIpc) is 3.05. The minimum atomic E-state index is -0.597. The molecule has 0 radical (unpaired) electrons. The molecule has 0 saturated heterocycles. The Morgan fingerprint density at radius 3 is 2.26 bits per heavy atom. The van der Waals surface area contributed by atoms with Crippen molar-refractivity contribution in [3.05, 3.63) is 130 Å². The summed E-state index contributed by atoms with van der Waals surface area (Å²) >= 11 is 0. The number of pyridine rings is 2. The van der Waals surface area contributed by atoms with Gasteiger partial charge in [0.1, 0.15) is 6.61 Å². The number of hydroxylamine groups is 1. The van der Waals surface area contributed by atoms with Crippen LogP contribution in [0.15, 0.2) is 102 Å². The van der Waals surface area contributed by atoms with E-state index in [9.17, 15) is 9.59 Å². The minimum Gasteiger partial charge on any atom is -0.483 e. The van der Waals surface area contributed by atoms with Crippen LogP contribution >= 0.6 is 0 Å². The molecule has 0 aliphatic rings. The molecule has 8 heteroatoms. The molecular weight excluding hydrogens is 528 g/mol. The third kappa shape index (κ3) is 6.25. The number of rotatable bonds is 11. The lowest BCUT2D eigenvalue weighted by molar-refractivity contribution is 0.0706. The summed E-state index contributed by atoms with van der Waals surface area (Å²) in [6, 6.07) is 26.7. The van der Waals surface area contributed by atoms with Gasteiger partial charge in [-0.1, -0.05) is 74.5 Å². The van der Waals surface area contributed by atoms with Crippen molar-refractivity contribution in [2.75, 3.05) is 13.1 Å². The second-order valence-corrected chi connectivity index (χ2v) is 10.1. The van der Waals surface area contributed by atoms with E-state index in [1.54, 1.807) is 46.7 Å². The number of carbonyl (C=O) groups is 1. The Hall–Kier alpha value is -4.79. The Bertz CT molecular complexity index is 1710. The third-order valence-corrected chi connectivity index (χ3v) is 7.45. The lowest BCUT2D eigenvalue weighted by Gasteiger charge is -2.19. The molecule has 0 unspecified atom stereocenters. The second-order valence-electron chi connectivity index (χ2n) is 10.1. The number of aromatic nitrogens is 2. The van der Waals surface area contributed by atoms with Crippen molar-refractivity contribution in [3.8, 4) is 16.9 Å². The smallest absolute Gasteiger partial charge is 0.294 e. The number of fused-ring (bicyclic) bond motifs is 1. The van der Waals surface area contributed by atoms with E-state index in [1.165, 1.54) is 5.56 Å². The zero-order valence-electron chi connectivity index (χ0n) is 23.8. The van der Waals surface area contributed by atoms with Crippen LogP contribution in [0, 0.1) is 0 Å². The summed E-state index contributed by atoms with van der Waals surface area (Å²) in [7, 11) is 0. The summed E-state index contributed by atoms with van der Waals surface area (Å²) in [6.45, 7) is 7.70. The van der Waals surface area contributed by atoms with E-state index in [1.807, 2.05) is 36.4 Å². The number of nitrogens with zero attached hydrogens (tertiary/aromatic N) is 3. The summed E-state index contributed by atoms with van der Waals surface area (Å²) in [5, 5.41) is 9.78. The molecule has 1 amide bonds. The molecule has 0 atom stereocenters. The monoisotopic (exact) mass is 562 g/mol. The fraction of sp³-hybridized carbons (Fsp3) is 0.206. The predicted molar refractivity (Wildman–Crippen MR) is 164 cm³/mol. The molecule has 0 bridgehead atoms. The van der Waals surface area contributed by atoms with Crippen molar-refractivity contribution < 1.29 is 14.7 Å². The number of hydrogen-bond donors (Lipinski definition) is 2. The van der Waals surface area contributed by atoms with Crippen LogP contribution in [0.1, 0.15) is 40.9 Å². The van der Waals surface area contributed by atoms with Gasteiger partial charge in [-0.05, 0) is 54.0 Å². The van der Waals surface area contributed by atoms with Gasteiger partial charge in [0.2, 0.25) is 0 Å². The number of ether oxygens (including phenoxy) is 1. The minimum absolute atomic E-state index is 0.113. The van der Waals surface area contributed by atoms with Crippen LogP contribution in [0.4, 0.5) is 0 Å². The van der Waals surface area contributed by atoms with Gasteiger partial charge in [0.05, 0.1) is 12.1 Å². The van der Waals surface area contributed by atoms with E-state index in [0.29, 0.717) is 17.7 Å². The summed E-state index contributed by atoms with van der Waals surface area (Å²) < 4.78 is 8.06. The fourth-order valence-electron chi connectivity index (χ4n) is 5.08. The number of hydrogen-bond acceptors (Lipinski definition) is 6. The summed E-state index contributed by atoms with van der Waals surface area (Å²) in [5.74, 6) is -0.364. The Morgan fingerprint density at radius 1 is 0.905 bits per heavy atom. The van der Waals surface area contributed by atoms with Gasteiger partial charge in [-0.3, -0.25) is 24.7 Å². The highest BCUT2D eigenvalue weighted by atomic mass is 16.5. The highest BCUT2D eigenvalue weighted by Crippen LogP contribution is 2.35. The number of nitrogens with one attached hydrogen (secondary N) is 1. The van der Waals surface area contributed by atoms with Crippen molar-refractivity contribution in [1.29, 1.82) is 0 Å². The summed E-state index contributed by atoms with van der Waals surface area (Å²) in [6.07, 6.45) is 3.43. The van der Waals surface area contributed by atoms with Crippen LogP contribution in [0.2, 0.25) is 0 Å². The highest BCUT2D eigenvalue weighted by molar-refractivity contribution is 5.97. The van der Waals surface area contributed by atoms with Gasteiger partial charge in [-0.2, -0.15) is 0 Å². The van der Waals surface area contributed by atoms with Gasteiger partial charge >= 0.3 is 0 Å². The lowest BCUT2D eigenvalue weighted by Crippen LogP contribution is -2.24. The largest absolute Gasteiger partial charge is 0.483 e. The molecule has 0 aliphatic heterocycles. The number of carbonyl (C=O) groups excluding carboxylic acids is 1. The maximum Gasteiger partial charge on any atom is 0.294 e. The van der Waals surface area contributed by atoms with Crippen LogP contribution in [0.3, 0.4) is 0 Å². The quantitative estimate of drug-likeness (QED) is 0.160. The van der Waals surface area contributed by atoms with E-state index in [4.69, 9.17) is 9.94 Å². The normalized spacial score (nSPS) is 11.1. The van der Waals surface area contributed by atoms with E-state index in [-0.39, 0.29) is 17.9 Å². The molecule has 3 aromatic carbocycles. The molecule has 0 aliphatic carbocycles. The Kier molecular flexibility index (Phi) is 9.06. The van der Waals surface area contributed by atoms with Gasteiger partial charge in [0, 0.05) is 41.0 Å². The molecule has 2 heterocycles. The Balaban J connectivity index is 1.55. The molecule has 214 valence electrons. The first-order valence-corrected chi connectivity index (χ1v) is 14.0. The molecule has 0 saturated carbocycles. The summed E-state index contributed by atoms with van der Waals surface area (Å²) in [4.78, 5) is 32.6. The van der Waals surface area contributed by atoms with Crippen molar-refractivity contribution in [2.24, 2.45) is 0 Å². The Labute approximate surface area is 244 Å². The van der Waals surface area contributed by atoms with E-state index < -0.39 is 5.91 Å². The maximum absolute atomic E-state index is 14.2. The van der Waals surface area contributed by atoms with Crippen LogP contribution in [0.5, 0.6) is 5.75 Å². The molecular formula is C34H34N4O4. The van der Waals surface area contributed by atoms with E-state index in [2.05, 4.69) is 48.0 Å². The maximum atomic E-state index is 14.2. The van der Waals surface area contributed by atoms with Crippen molar-refractivity contribution in [1.82, 2.24) is 19.9 Å². The zero-order chi connectivity index (χ0) is 29.5. The number of para-hydroxylation sites is 1. The topological polar surface area (TPSA) is 96.7 Å². The van der Waals surface area contributed by atoms with Crippen molar-refractivity contribution in [2.45, 2.75) is 33.5 Å². The average molecular weight is 563 g/mol. The fourth-order valence-corrected chi connectivity index (χ4v) is 5.08. The highest BCUT2D eigenvalue weighted by Gasteiger charge is 2.20. The van der Waals surface area contributed by atoms with Gasteiger partial charge in [0.15, 0.2) is 5.75 Å². The number of amides is 1.